The Hall–Kier alpha value is -0.160. The van der Waals surface area contributed by atoms with E-state index in [0.29, 0.717) is 19.1 Å². The molecule has 0 fully saturated rings. The first-order chi connectivity index (χ1) is 7.60. The lowest BCUT2D eigenvalue weighted by atomic mass is 10.1. The summed E-state index contributed by atoms with van der Waals surface area (Å²) in [6.45, 7) is 8.32. The van der Waals surface area contributed by atoms with Gasteiger partial charge < -0.3 is 20.1 Å². The van der Waals surface area contributed by atoms with Gasteiger partial charge >= 0.3 is 0 Å². The smallest absolute Gasteiger partial charge is 0.0791 e. The van der Waals surface area contributed by atoms with Crippen molar-refractivity contribution >= 4 is 0 Å². The van der Waals surface area contributed by atoms with Gasteiger partial charge in [-0.05, 0) is 13.0 Å². The molecule has 0 aliphatic rings. The summed E-state index contributed by atoms with van der Waals surface area (Å²) in [6, 6.07) is 0. The molecule has 4 nitrogen and oxygen atoms in total. The highest BCUT2D eigenvalue weighted by Gasteiger charge is 2.09. The summed E-state index contributed by atoms with van der Waals surface area (Å²) in [5, 5.41) is 12.9. The van der Waals surface area contributed by atoms with E-state index in [2.05, 4.69) is 31.1 Å². The number of aliphatic hydroxyl groups is 1. The summed E-state index contributed by atoms with van der Waals surface area (Å²) in [6.07, 6.45) is 0.887. The van der Waals surface area contributed by atoms with Gasteiger partial charge in [-0.1, -0.05) is 20.3 Å². The third-order valence-corrected chi connectivity index (χ3v) is 2.71. The van der Waals surface area contributed by atoms with E-state index < -0.39 is 0 Å². The van der Waals surface area contributed by atoms with Crippen LogP contribution in [0, 0.1) is 5.92 Å². The Morgan fingerprint density at radius 1 is 1.38 bits per heavy atom. The maximum Gasteiger partial charge on any atom is 0.0791 e. The number of methoxy groups -OCH3 is 1. The zero-order chi connectivity index (χ0) is 12.4. The largest absolute Gasteiger partial charge is 0.390 e. The third kappa shape index (κ3) is 9.09. The van der Waals surface area contributed by atoms with E-state index in [1.54, 1.807) is 7.11 Å². The van der Waals surface area contributed by atoms with E-state index >= 15 is 0 Å². The molecule has 0 aromatic rings. The van der Waals surface area contributed by atoms with Gasteiger partial charge in [0, 0.05) is 33.3 Å². The minimum absolute atomic E-state index is 0.300. The molecule has 0 heterocycles. The number of hydrogen-bond donors (Lipinski definition) is 2. The lowest BCUT2D eigenvalue weighted by Crippen LogP contribution is -2.38. The molecule has 0 saturated heterocycles. The Bertz CT molecular complexity index is 156. The summed E-state index contributed by atoms with van der Waals surface area (Å²) < 4.78 is 4.92. The number of nitrogens with one attached hydrogen (secondary N) is 1. The molecule has 0 radical (unpaired) electrons. The Balaban J connectivity index is 3.49. The Labute approximate surface area is 100.0 Å². The first kappa shape index (κ1) is 15.8. The van der Waals surface area contributed by atoms with Crippen LogP contribution in [0.1, 0.15) is 20.3 Å². The first-order valence-electron chi connectivity index (χ1n) is 6.16. The van der Waals surface area contributed by atoms with Crippen LogP contribution in [0.3, 0.4) is 0 Å². The van der Waals surface area contributed by atoms with Gasteiger partial charge in [0.2, 0.25) is 0 Å². The monoisotopic (exact) mass is 232 g/mol. The van der Waals surface area contributed by atoms with Crippen LogP contribution in [0.5, 0.6) is 0 Å². The van der Waals surface area contributed by atoms with Crippen molar-refractivity contribution < 1.29 is 9.84 Å². The summed E-state index contributed by atoms with van der Waals surface area (Å²) in [5.74, 6) is 0.693. The average molecular weight is 232 g/mol. The van der Waals surface area contributed by atoms with E-state index in [1.165, 1.54) is 6.42 Å². The predicted octanol–water partition coefficient (Wildman–Crippen LogP) is 0.561. The summed E-state index contributed by atoms with van der Waals surface area (Å²) in [7, 11) is 3.74. The van der Waals surface area contributed by atoms with Crippen LogP contribution in [-0.4, -0.2) is 63.1 Å². The van der Waals surface area contributed by atoms with E-state index in [4.69, 9.17) is 4.74 Å². The molecule has 0 aliphatic carbocycles. The van der Waals surface area contributed by atoms with Gasteiger partial charge in [-0.2, -0.15) is 0 Å². The second-order valence-corrected chi connectivity index (χ2v) is 4.59. The van der Waals surface area contributed by atoms with Crippen molar-refractivity contribution in [1.82, 2.24) is 10.2 Å². The van der Waals surface area contributed by atoms with Crippen LogP contribution in [0.2, 0.25) is 0 Å². The van der Waals surface area contributed by atoms with Gasteiger partial charge in [-0.15, -0.1) is 0 Å². The molecule has 0 amide bonds. The number of ether oxygens (including phenoxy) is 1. The van der Waals surface area contributed by atoms with Crippen LogP contribution >= 0.6 is 0 Å². The molecular weight excluding hydrogens is 204 g/mol. The van der Waals surface area contributed by atoms with Crippen molar-refractivity contribution in [3.05, 3.63) is 0 Å². The number of likely N-dealkylation sites (N-methyl/N-ethyl adjacent to an activating group) is 1. The fraction of sp³-hybridized carbons (Fsp3) is 1.00. The van der Waals surface area contributed by atoms with Gasteiger partial charge in [0.05, 0.1) is 12.7 Å². The highest BCUT2D eigenvalue weighted by Crippen LogP contribution is 2.02. The van der Waals surface area contributed by atoms with Crippen LogP contribution in [0.15, 0.2) is 0 Å². The van der Waals surface area contributed by atoms with Gasteiger partial charge in [0.15, 0.2) is 0 Å². The molecule has 2 unspecified atom stereocenters. The normalized spacial score (nSPS) is 15.4. The van der Waals surface area contributed by atoms with E-state index in [9.17, 15) is 5.11 Å². The van der Waals surface area contributed by atoms with Crippen LogP contribution < -0.4 is 5.32 Å². The molecular formula is C12H28N2O2. The van der Waals surface area contributed by atoms with E-state index in [-0.39, 0.29) is 6.10 Å². The van der Waals surface area contributed by atoms with Gasteiger partial charge in [-0.3, -0.25) is 0 Å². The maximum atomic E-state index is 9.76. The maximum absolute atomic E-state index is 9.76. The highest BCUT2D eigenvalue weighted by molar-refractivity contribution is 4.66. The van der Waals surface area contributed by atoms with E-state index in [0.717, 1.165) is 19.6 Å². The van der Waals surface area contributed by atoms with Crippen molar-refractivity contribution in [1.29, 1.82) is 0 Å². The molecule has 2 atom stereocenters. The molecule has 0 bridgehead atoms. The number of hydrogen-bond acceptors (Lipinski definition) is 4. The average Bonchev–Trinajstić information content (AvgIpc) is 2.24. The molecule has 4 heteroatoms. The van der Waals surface area contributed by atoms with Crippen molar-refractivity contribution in [2.45, 2.75) is 26.4 Å². The standard InChI is InChI=1S/C12H28N2O2/c1-5-11(2)9-14(3)10-12(15)8-13-6-7-16-4/h11-13,15H,5-10H2,1-4H3. The molecule has 0 saturated carbocycles. The summed E-state index contributed by atoms with van der Waals surface area (Å²) in [5.41, 5.74) is 0. The third-order valence-electron chi connectivity index (χ3n) is 2.71. The molecule has 0 aromatic heterocycles. The highest BCUT2D eigenvalue weighted by atomic mass is 16.5. The van der Waals surface area contributed by atoms with Gasteiger partial charge in [-0.25, -0.2) is 0 Å². The lowest BCUT2D eigenvalue weighted by molar-refractivity contribution is 0.114. The summed E-state index contributed by atoms with van der Waals surface area (Å²) >= 11 is 0. The van der Waals surface area contributed by atoms with Crippen LogP contribution in [0.25, 0.3) is 0 Å². The fourth-order valence-electron chi connectivity index (χ4n) is 1.60. The molecule has 0 spiro atoms. The van der Waals surface area contributed by atoms with E-state index in [1.807, 2.05) is 0 Å². The number of rotatable bonds is 10. The summed E-state index contributed by atoms with van der Waals surface area (Å²) in [4.78, 5) is 2.19. The number of nitrogens with zero attached hydrogens (tertiary/aromatic N) is 1. The second kappa shape index (κ2) is 10.0. The zero-order valence-corrected chi connectivity index (χ0v) is 11.2. The molecule has 16 heavy (non-hydrogen) atoms. The minimum Gasteiger partial charge on any atom is -0.390 e. The fourth-order valence-corrected chi connectivity index (χ4v) is 1.60. The van der Waals surface area contributed by atoms with Gasteiger partial charge in [0.1, 0.15) is 0 Å². The molecule has 0 aliphatic heterocycles. The second-order valence-electron chi connectivity index (χ2n) is 4.59. The zero-order valence-electron chi connectivity index (χ0n) is 11.2. The Morgan fingerprint density at radius 3 is 2.62 bits per heavy atom. The Morgan fingerprint density at radius 2 is 2.06 bits per heavy atom. The van der Waals surface area contributed by atoms with Crippen molar-refractivity contribution in [2.75, 3.05) is 46.9 Å². The van der Waals surface area contributed by atoms with Crippen molar-refractivity contribution in [3.8, 4) is 0 Å². The molecule has 0 rings (SSSR count). The lowest BCUT2D eigenvalue weighted by Gasteiger charge is -2.23. The topological polar surface area (TPSA) is 44.7 Å². The predicted molar refractivity (Wildman–Crippen MR) is 67.7 cm³/mol. The molecule has 0 aromatic carbocycles. The minimum atomic E-state index is -0.300. The van der Waals surface area contributed by atoms with Crippen molar-refractivity contribution in [3.63, 3.8) is 0 Å². The molecule has 2 N–H and O–H groups in total. The molecule has 98 valence electrons. The van der Waals surface area contributed by atoms with Gasteiger partial charge in [0.25, 0.3) is 0 Å². The number of aliphatic hydroxyl groups excluding tert-OH is 1. The Kier molecular flexibility index (Phi) is 9.92. The van der Waals surface area contributed by atoms with Crippen LogP contribution in [0.4, 0.5) is 0 Å². The SMILES string of the molecule is CCC(C)CN(C)CC(O)CNCCOC. The van der Waals surface area contributed by atoms with Crippen molar-refractivity contribution in [2.24, 2.45) is 5.92 Å². The van der Waals surface area contributed by atoms with Crippen LogP contribution in [-0.2, 0) is 4.74 Å². The first-order valence-corrected chi connectivity index (χ1v) is 6.16. The quantitative estimate of drug-likeness (QED) is 0.540.